The summed E-state index contributed by atoms with van der Waals surface area (Å²) in [7, 11) is 1.83. The number of aryl methyl sites for hydroxylation is 1. The summed E-state index contributed by atoms with van der Waals surface area (Å²) < 4.78 is 10.8. The molecule has 24 heavy (non-hydrogen) atoms. The van der Waals surface area contributed by atoms with Crippen molar-refractivity contribution in [1.82, 2.24) is 15.0 Å². The van der Waals surface area contributed by atoms with E-state index in [4.69, 9.17) is 20.9 Å². The topological polar surface area (TPSA) is 68.5 Å². The van der Waals surface area contributed by atoms with Gasteiger partial charge in [-0.25, -0.2) is 0 Å². The average Bonchev–Trinajstić information content (AvgIpc) is 3.20. The van der Waals surface area contributed by atoms with Crippen LogP contribution >= 0.6 is 11.6 Å². The Morgan fingerprint density at radius 3 is 3.00 bits per heavy atom. The highest BCUT2D eigenvalue weighted by molar-refractivity contribution is 6.29. The number of carbonyl (C=O) groups is 1. The Bertz CT molecular complexity index is 685. The first-order valence-corrected chi connectivity index (χ1v) is 8.33. The number of nitrogens with zero attached hydrogens (tertiary/aromatic N) is 3. The van der Waals surface area contributed by atoms with Crippen LogP contribution in [0, 0.1) is 6.92 Å². The molecule has 0 bridgehead atoms. The molecular formula is C17H20ClN3O3. The molecule has 0 spiro atoms. The van der Waals surface area contributed by atoms with Crippen molar-refractivity contribution in [3.63, 3.8) is 0 Å². The van der Waals surface area contributed by atoms with E-state index in [9.17, 15) is 4.79 Å². The molecule has 0 unspecified atom stereocenters. The van der Waals surface area contributed by atoms with Gasteiger partial charge in [0.2, 0.25) is 11.1 Å². The first-order valence-electron chi connectivity index (χ1n) is 7.95. The van der Waals surface area contributed by atoms with Crippen molar-refractivity contribution in [2.24, 2.45) is 0 Å². The monoisotopic (exact) mass is 349 g/mol. The standard InChI is InChI=1S/C17H20ClN3O3/c1-11-13(17(18)24-20-11)5-6-15(22)21(2)14-7-9-23-16(14)12-4-3-8-19-10-12/h3-4,8,10,14,16H,5-7,9H2,1-2H3/t14-,16+/m1/s1. The van der Waals surface area contributed by atoms with Gasteiger partial charge in [0.25, 0.3) is 0 Å². The molecule has 0 N–H and O–H groups in total. The van der Waals surface area contributed by atoms with E-state index in [-0.39, 0.29) is 23.3 Å². The summed E-state index contributed by atoms with van der Waals surface area (Å²) in [5.41, 5.74) is 2.52. The van der Waals surface area contributed by atoms with Crippen LogP contribution in [0.15, 0.2) is 29.0 Å². The lowest BCUT2D eigenvalue weighted by Gasteiger charge is -2.28. The van der Waals surface area contributed by atoms with E-state index in [0.717, 1.165) is 23.2 Å². The zero-order chi connectivity index (χ0) is 17.1. The molecule has 0 saturated carbocycles. The average molecular weight is 350 g/mol. The fourth-order valence-corrected chi connectivity index (χ4v) is 3.34. The molecule has 3 rings (SSSR count). The van der Waals surface area contributed by atoms with Gasteiger partial charge in [0.15, 0.2) is 0 Å². The molecule has 2 aromatic rings. The second-order valence-electron chi connectivity index (χ2n) is 5.96. The lowest BCUT2D eigenvalue weighted by Crippen LogP contribution is -2.39. The first kappa shape index (κ1) is 16.9. The van der Waals surface area contributed by atoms with Crippen molar-refractivity contribution in [2.45, 2.75) is 38.3 Å². The number of carbonyl (C=O) groups excluding carboxylic acids is 1. The van der Waals surface area contributed by atoms with Gasteiger partial charge in [0.1, 0.15) is 6.10 Å². The highest BCUT2D eigenvalue weighted by Gasteiger charge is 2.34. The largest absolute Gasteiger partial charge is 0.371 e. The van der Waals surface area contributed by atoms with Gasteiger partial charge in [-0.2, -0.15) is 0 Å². The maximum Gasteiger partial charge on any atom is 0.229 e. The Labute approximate surface area is 145 Å². The number of amides is 1. The maximum absolute atomic E-state index is 12.6. The number of aromatic nitrogens is 2. The lowest BCUT2D eigenvalue weighted by atomic mass is 10.0. The predicted octanol–water partition coefficient (Wildman–Crippen LogP) is 2.95. The quantitative estimate of drug-likeness (QED) is 0.830. The molecule has 2 atom stereocenters. The number of rotatable bonds is 5. The molecule has 1 amide bonds. The first-order chi connectivity index (χ1) is 11.6. The van der Waals surface area contributed by atoms with Crippen LogP contribution in [0.5, 0.6) is 0 Å². The van der Waals surface area contributed by atoms with Gasteiger partial charge in [-0.05, 0) is 37.4 Å². The summed E-state index contributed by atoms with van der Waals surface area (Å²) in [6, 6.07) is 3.88. The molecule has 1 fully saturated rings. The molecule has 0 aromatic carbocycles. The molecule has 3 heterocycles. The van der Waals surface area contributed by atoms with E-state index < -0.39 is 0 Å². The molecule has 1 aliphatic heterocycles. The number of pyridine rings is 1. The van der Waals surface area contributed by atoms with E-state index in [1.165, 1.54) is 0 Å². The van der Waals surface area contributed by atoms with Crippen LogP contribution in [0.1, 0.15) is 35.8 Å². The van der Waals surface area contributed by atoms with Crippen LogP contribution in [0.3, 0.4) is 0 Å². The van der Waals surface area contributed by atoms with Crippen LogP contribution in [-0.4, -0.2) is 40.6 Å². The minimum atomic E-state index is -0.131. The summed E-state index contributed by atoms with van der Waals surface area (Å²) in [5, 5.41) is 4.07. The molecule has 1 aliphatic rings. The minimum Gasteiger partial charge on any atom is -0.371 e. The third-order valence-corrected chi connectivity index (χ3v) is 4.79. The van der Waals surface area contributed by atoms with Gasteiger partial charge >= 0.3 is 0 Å². The van der Waals surface area contributed by atoms with Crippen molar-refractivity contribution < 1.29 is 14.1 Å². The summed E-state index contributed by atoms with van der Waals surface area (Å²) >= 11 is 5.96. The fraction of sp³-hybridized carbons (Fsp3) is 0.471. The molecule has 128 valence electrons. The molecule has 1 saturated heterocycles. The molecule has 7 heteroatoms. The Morgan fingerprint density at radius 2 is 2.33 bits per heavy atom. The van der Waals surface area contributed by atoms with Crippen molar-refractivity contribution in [1.29, 1.82) is 0 Å². The number of hydrogen-bond donors (Lipinski definition) is 0. The SMILES string of the molecule is Cc1noc(Cl)c1CCC(=O)N(C)[C@@H]1CCO[C@H]1c1cccnc1. The van der Waals surface area contributed by atoms with E-state index in [1.54, 1.807) is 17.3 Å². The summed E-state index contributed by atoms with van der Waals surface area (Å²) in [6.07, 6.45) is 5.08. The number of ether oxygens (including phenoxy) is 1. The van der Waals surface area contributed by atoms with Gasteiger partial charge in [-0.3, -0.25) is 9.78 Å². The van der Waals surface area contributed by atoms with E-state index in [0.29, 0.717) is 19.4 Å². The van der Waals surface area contributed by atoms with Crippen LogP contribution < -0.4 is 0 Å². The third kappa shape index (κ3) is 3.44. The van der Waals surface area contributed by atoms with Gasteiger partial charge in [-0.15, -0.1) is 0 Å². The van der Waals surface area contributed by atoms with Crippen LogP contribution in [0.4, 0.5) is 0 Å². The number of likely N-dealkylation sites (N-methyl/N-ethyl adjacent to an activating group) is 1. The lowest BCUT2D eigenvalue weighted by molar-refractivity contribution is -0.133. The van der Waals surface area contributed by atoms with Crippen LogP contribution in [0.2, 0.25) is 5.22 Å². The van der Waals surface area contributed by atoms with Crippen LogP contribution in [-0.2, 0) is 16.0 Å². The van der Waals surface area contributed by atoms with Gasteiger partial charge < -0.3 is 14.2 Å². The maximum atomic E-state index is 12.6. The molecule has 2 aromatic heterocycles. The molecular weight excluding hydrogens is 330 g/mol. The summed E-state index contributed by atoms with van der Waals surface area (Å²) in [4.78, 5) is 18.5. The molecule has 6 nitrogen and oxygen atoms in total. The highest BCUT2D eigenvalue weighted by atomic mass is 35.5. The van der Waals surface area contributed by atoms with E-state index >= 15 is 0 Å². The fourth-order valence-electron chi connectivity index (χ4n) is 3.07. The number of halogens is 1. The second kappa shape index (κ2) is 7.32. The van der Waals surface area contributed by atoms with E-state index in [1.807, 2.05) is 26.1 Å². The Balaban J connectivity index is 1.64. The number of hydrogen-bond acceptors (Lipinski definition) is 5. The van der Waals surface area contributed by atoms with Crippen molar-refractivity contribution >= 4 is 17.5 Å². The van der Waals surface area contributed by atoms with Crippen molar-refractivity contribution in [3.8, 4) is 0 Å². The van der Waals surface area contributed by atoms with Gasteiger partial charge in [-0.1, -0.05) is 11.2 Å². The predicted molar refractivity (Wildman–Crippen MR) is 88.7 cm³/mol. The van der Waals surface area contributed by atoms with E-state index in [2.05, 4.69) is 10.1 Å². The molecule has 0 radical (unpaired) electrons. The second-order valence-corrected chi connectivity index (χ2v) is 6.30. The highest BCUT2D eigenvalue weighted by Crippen LogP contribution is 2.32. The molecule has 0 aliphatic carbocycles. The smallest absolute Gasteiger partial charge is 0.229 e. The van der Waals surface area contributed by atoms with Gasteiger partial charge in [0, 0.05) is 43.6 Å². The van der Waals surface area contributed by atoms with Crippen molar-refractivity contribution in [3.05, 3.63) is 46.6 Å². The van der Waals surface area contributed by atoms with Crippen LogP contribution in [0.25, 0.3) is 0 Å². The van der Waals surface area contributed by atoms with Gasteiger partial charge in [0.05, 0.1) is 11.7 Å². The van der Waals surface area contributed by atoms with Crippen molar-refractivity contribution in [2.75, 3.05) is 13.7 Å². The Hall–Kier alpha value is -1.92. The minimum absolute atomic E-state index is 0.0146. The summed E-state index contributed by atoms with van der Waals surface area (Å²) in [6.45, 7) is 2.46. The normalized spacial score (nSPS) is 20.3. The zero-order valence-electron chi connectivity index (χ0n) is 13.7. The summed E-state index contributed by atoms with van der Waals surface area (Å²) in [5.74, 6) is 0.0519. The Kier molecular flexibility index (Phi) is 5.16. The Morgan fingerprint density at radius 1 is 1.50 bits per heavy atom. The zero-order valence-corrected chi connectivity index (χ0v) is 14.5. The third-order valence-electron chi connectivity index (χ3n) is 4.49.